The fourth-order valence-corrected chi connectivity index (χ4v) is 3.99. The minimum atomic E-state index is -0.244. The normalized spacial score (nSPS) is 33.1. The molecule has 1 aromatic rings. The number of ether oxygens (including phenoxy) is 1. The molecule has 3 aliphatic rings. The Morgan fingerprint density at radius 3 is 3.00 bits per heavy atom. The van der Waals surface area contributed by atoms with Gasteiger partial charge in [-0.3, -0.25) is 10.1 Å². The number of hydrogen-bond donors (Lipinski definition) is 1. The van der Waals surface area contributed by atoms with E-state index < -0.39 is 0 Å². The van der Waals surface area contributed by atoms with E-state index in [1.54, 1.807) is 11.3 Å². The van der Waals surface area contributed by atoms with Crippen LogP contribution in [-0.4, -0.2) is 35.6 Å². The predicted molar refractivity (Wildman–Crippen MR) is 72.8 cm³/mol. The molecule has 1 amide bonds. The van der Waals surface area contributed by atoms with Gasteiger partial charge in [-0.05, 0) is 37.1 Å². The minimum Gasteiger partial charge on any atom is -0.379 e. The van der Waals surface area contributed by atoms with Crippen LogP contribution in [0.3, 0.4) is 0 Å². The molecule has 2 unspecified atom stereocenters. The molecule has 3 fully saturated rings. The molecule has 1 aliphatic carbocycles. The minimum absolute atomic E-state index is 0.0571. The molecule has 2 atom stereocenters. The first kappa shape index (κ1) is 11.9. The molecule has 0 aromatic carbocycles. The fourth-order valence-electron chi connectivity index (χ4n) is 3.22. The zero-order valence-corrected chi connectivity index (χ0v) is 11.6. The number of amides is 1. The molecule has 1 aromatic heterocycles. The highest BCUT2D eigenvalue weighted by atomic mass is 32.1. The Bertz CT molecular complexity index is 478. The topological polar surface area (TPSA) is 41.6 Å². The Labute approximate surface area is 116 Å². The second kappa shape index (κ2) is 4.30. The molecule has 19 heavy (non-hydrogen) atoms. The number of hydrogen-bond acceptors (Lipinski definition) is 4. The highest BCUT2D eigenvalue weighted by Gasteiger charge is 2.60. The van der Waals surface area contributed by atoms with Gasteiger partial charge in [-0.1, -0.05) is 6.07 Å². The molecule has 1 N–H and O–H groups in total. The summed E-state index contributed by atoms with van der Waals surface area (Å²) in [4.78, 5) is 16.0. The van der Waals surface area contributed by atoms with Gasteiger partial charge in [-0.2, -0.15) is 0 Å². The first-order valence-corrected chi connectivity index (χ1v) is 7.90. The summed E-state index contributed by atoms with van der Waals surface area (Å²) in [6, 6.07) is 4.41. The lowest BCUT2D eigenvalue weighted by Gasteiger charge is -2.34. The van der Waals surface area contributed by atoms with Gasteiger partial charge in [0.1, 0.15) is 11.7 Å². The van der Waals surface area contributed by atoms with Crippen LogP contribution in [0.15, 0.2) is 17.5 Å². The lowest BCUT2D eigenvalue weighted by Crippen LogP contribution is -2.44. The van der Waals surface area contributed by atoms with Crippen LogP contribution < -0.4 is 5.32 Å². The van der Waals surface area contributed by atoms with Gasteiger partial charge in [0, 0.05) is 11.5 Å². The van der Waals surface area contributed by atoms with E-state index in [1.165, 1.54) is 4.88 Å². The van der Waals surface area contributed by atoms with E-state index in [4.69, 9.17) is 4.74 Å². The quantitative estimate of drug-likeness (QED) is 0.898. The molecule has 0 bridgehead atoms. The van der Waals surface area contributed by atoms with Crippen molar-refractivity contribution in [1.82, 2.24) is 10.2 Å². The lowest BCUT2D eigenvalue weighted by atomic mass is 10.1. The second-order valence-electron chi connectivity index (χ2n) is 5.73. The Morgan fingerprint density at radius 1 is 1.47 bits per heavy atom. The number of carbonyl (C=O) groups is 1. The van der Waals surface area contributed by atoms with Crippen LogP contribution in [-0.2, 0) is 9.53 Å². The van der Waals surface area contributed by atoms with Gasteiger partial charge >= 0.3 is 0 Å². The predicted octanol–water partition coefficient (Wildman–Crippen LogP) is 1.89. The average Bonchev–Trinajstić information content (AvgIpc) is 2.92. The van der Waals surface area contributed by atoms with E-state index in [0.717, 1.165) is 32.3 Å². The van der Waals surface area contributed by atoms with Gasteiger partial charge in [-0.15, -0.1) is 11.3 Å². The Morgan fingerprint density at radius 2 is 2.37 bits per heavy atom. The van der Waals surface area contributed by atoms with Crippen LogP contribution in [0.5, 0.6) is 0 Å². The summed E-state index contributed by atoms with van der Waals surface area (Å²) in [5, 5.41) is 5.65. The largest absolute Gasteiger partial charge is 0.379 e. The van der Waals surface area contributed by atoms with Gasteiger partial charge in [0.15, 0.2) is 0 Å². The van der Waals surface area contributed by atoms with Crippen LogP contribution in [0.25, 0.3) is 0 Å². The maximum absolute atomic E-state index is 12.7. The van der Waals surface area contributed by atoms with Crippen molar-refractivity contribution in [3.05, 3.63) is 22.4 Å². The summed E-state index contributed by atoms with van der Waals surface area (Å²) in [6.45, 7) is 1.52. The first-order chi connectivity index (χ1) is 9.30. The van der Waals surface area contributed by atoms with Crippen LogP contribution in [0.1, 0.15) is 36.7 Å². The molecule has 2 saturated heterocycles. The molecule has 1 spiro atoms. The van der Waals surface area contributed by atoms with Crippen LogP contribution in [0.2, 0.25) is 0 Å². The van der Waals surface area contributed by atoms with Crippen molar-refractivity contribution in [2.45, 2.75) is 43.4 Å². The highest BCUT2D eigenvalue weighted by Crippen LogP contribution is 2.47. The van der Waals surface area contributed by atoms with E-state index in [1.807, 2.05) is 0 Å². The summed E-state index contributed by atoms with van der Waals surface area (Å²) >= 11 is 1.72. The Kier molecular flexibility index (Phi) is 2.69. The standard InChI is InChI=1S/C14H18N2O2S/c17-13-14(5-6-14)15-12(11-4-2-8-19-11)16(13)10-3-1-7-18-9-10/h2,4,8,10,12,15H,1,3,5-7,9H2. The van der Waals surface area contributed by atoms with Crippen molar-refractivity contribution in [2.24, 2.45) is 0 Å². The van der Waals surface area contributed by atoms with Gasteiger partial charge in [0.05, 0.1) is 12.6 Å². The molecule has 4 rings (SSSR count). The molecular weight excluding hydrogens is 260 g/mol. The van der Waals surface area contributed by atoms with E-state index in [0.29, 0.717) is 12.5 Å². The van der Waals surface area contributed by atoms with Crippen LogP contribution in [0, 0.1) is 0 Å². The lowest BCUT2D eigenvalue weighted by molar-refractivity contribution is -0.135. The van der Waals surface area contributed by atoms with Crippen molar-refractivity contribution >= 4 is 17.2 Å². The zero-order chi connectivity index (χ0) is 12.9. The molecule has 0 radical (unpaired) electrons. The summed E-state index contributed by atoms with van der Waals surface area (Å²) in [6.07, 6.45) is 4.14. The average molecular weight is 278 g/mol. The smallest absolute Gasteiger partial charge is 0.244 e. The van der Waals surface area contributed by atoms with Crippen molar-refractivity contribution in [2.75, 3.05) is 13.2 Å². The maximum Gasteiger partial charge on any atom is 0.244 e. The maximum atomic E-state index is 12.7. The number of rotatable bonds is 2. The first-order valence-electron chi connectivity index (χ1n) is 7.02. The van der Waals surface area contributed by atoms with E-state index in [9.17, 15) is 4.79 Å². The van der Waals surface area contributed by atoms with Crippen molar-refractivity contribution < 1.29 is 9.53 Å². The SMILES string of the molecule is O=C1N(C2CCCOC2)C(c2cccs2)NC12CC2. The number of carbonyl (C=O) groups excluding carboxylic acids is 1. The van der Waals surface area contributed by atoms with Gasteiger partial charge in [-0.25, -0.2) is 0 Å². The van der Waals surface area contributed by atoms with Gasteiger partial charge in [0.2, 0.25) is 5.91 Å². The number of thiophene rings is 1. The molecule has 2 aliphatic heterocycles. The van der Waals surface area contributed by atoms with E-state index in [2.05, 4.69) is 27.7 Å². The van der Waals surface area contributed by atoms with Crippen LogP contribution in [0.4, 0.5) is 0 Å². The zero-order valence-electron chi connectivity index (χ0n) is 10.8. The van der Waals surface area contributed by atoms with Gasteiger partial charge in [0.25, 0.3) is 0 Å². The number of nitrogens with zero attached hydrogens (tertiary/aromatic N) is 1. The third kappa shape index (κ3) is 1.83. The monoisotopic (exact) mass is 278 g/mol. The molecular formula is C14H18N2O2S. The van der Waals surface area contributed by atoms with Crippen molar-refractivity contribution in [3.8, 4) is 0 Å². The van der Waals surface area contributed by atoms with Gasteiger partial charge < -0.3 is 9.64 Å². The Hall–Kier alpha value is -0.910. The second-order valence-corrected chi connectivity index (χ2v) is 6.71. The summed E-state index contributed by atoms with van der Waals surface area (Å²) in [7, 11) is 0. The summed E-state index contributed by atoms with van der Waals surface area (Å²) in [5.74, 6) is 0.293. The van der Waals surface area contributed by atoms with E-state index in [-0.39, 0.29) is 17.7 Å². The Balaban J connectivity index is 1.66. The highest BCUT2D eigenvalue weighted by molar-refractivity contribution is 7.10. The molecule has 102 valence electrons. The van der Waals surface area contributed by atoms with E-state index >= 15 is 0 Å². The van der Waals surface area contributed by atoms with Crippen molar-refractivity contribution in [1.29, 1.82) is 0 Å². The summed E-state index contributed by atoms with van der Waals surface area (Å²) in [5.41, 5.74) is -0.244. The molecule has 4 nitrogen and oxygen atoms in total. The third-order valence-electron chi connectivity index (χ3n) is 4.43. The van der Waals surface area contributed by atoms with Crippen LogP contribution >= 0.6 is 11.3 Å². The van der Waals surface area contributed by atoms with Crippen molar-refractivity contribution in [3.63, 3.8) is 0 Å². The number of nitrogens with one attached hydrogen (secondary N) is 1. The fraction of sp³-hybridized carbons (Fsp3) is 0.643. The molecule has 1 saturated carbocycles. The summed E-state index contributed by atoms with van der Waals surface area (Å²) < 4.78 is 5.58. The molecule has 3 heterocycles. The molecule has 5 heteroatoms. The third-order valence-corrected chi connectivity index (χ3v) is 5.35.